The van der Waals surface area contributed by atoms with Gasteiger partial charge in [-0.3, -0.25) is 0 Å². The fraction of sp³-hybridized carbons (Fsp3) is 0.0400. The van der Waals surface area contributed by atoms with Gasteiger partial charge in [0.2, 0.25) is 0 Å². The number of para-hydroxylation sites is 1. The first-order valence-electron chi connectivity index (χ1n) is 9.12. The van der Waals surface area contributed by atoms with Crippen LogP contribution in [0.25, 0.3) is 11.1 Å². The second kappa shape index (κ2) is 6.52. The molecule has 1 aliphatic heterocycles. The average Bonchev–Trinajstić information content (AvgIpc) is 2.75. The molecule has 136 valence electrons. The molecule has 0 fully saturated rings. The molecule has 28 heavy (non-hydrogen) atoms. The topological polar surface area (TPSA) is 29.5 Å². The number of fused-ring (bicyclic) bond motifs is 2. The van der Waals surface area contributed by atoms with Crippen molar-refractivity contribution in [2.75, 3.05) is 0 Å². The van der Waals surface area contributed by atoms with E-state index in [9.17, 15) is 5.11 Å². The van der Waals surface area contributed by atoms with Gasteiger partial charge in [-0.1, -0.05) is 84.4 Å². The van der Waals surface area contributed by atoms with E-state index < -0.39 is 5.60 Å². The van der Waals surface area contributed by atoms with Crippen LogP contribution >= 0.6 is 11.6 Å². The molecule has 0 saturated heterocycles. The highest BCUT2D eigenvalue weighted by Gasteiger charge is 2.43. The molecular weight excluding hydrogens is 368 g/mol. The van der Waals surface area contributed by atoms with Crippen molar-refractivity contribution < 1.29 is 9.84 Å². The van der Waals surface area contributed by atoms with Crippen molar-refractivity contribution in [1.29, 1.82) is 0 Å². The number of benzene rings is 4. The summed E-state index contributed by atoms with van der Waals surface area (Å²) in [5.41, 5.74) is 2.75. The van der Waals surface area contributed by atoms with Gasteiger partial charge in [-0.05, 0) is 35.4 Å². The predicted molar refractivity (Wildman–Crippen MR) is 112 cm³/mol. The van der Waals surface area contributed by atoms with Crippen molar-refractivity contribution in [3.05, 3.63) is 119 Å². The molecule has 4 aromatic carbocycles. The average molecular weight is 385 g/mol. The van der Waals surface area contributed by atoms with Gasteiger partial charge < -0.3 is 9.84 Å². The van der Waals surface area contributed by atoms with E-state index in [0.717, 1.165) is 16.7 Å². The SMILES string of the molecule is OC1(c2ccccc2-c2ccccc2)c2ccccc2Oc2ccc(Cl)cc21. The molecular formula is C25H17ClO2. The molecule has 0 aromatic heterocycles. The second-order valence-corrected chi connectivity index (χ2v) is 7.30. The van der Waals surface area contributed by atoms with E-state index in [1.165, 1.54) is 0 Å². The Morgan fingerprint density at radius 2 is 1.29 bits per heavy atom. The highest BCUT2D eigenvalue weighted by molar-refractivity contribution is 6.30. The zero-order valence-electron chi connectivity index (χ0n) is 15.0. The van der Waals surface area contributed by atoms with Crippen molar-refractivity contribution in [3.63, 3.8) is 0 Å². The van der Waals surface area contributed by atoms with Crippen molar-refractivity contribution in [3.8, 4) is 22.6 Å². The standard InChI is InChI=1S/C25H17ClO2/c26-18-14-15-24-22(16-18)25(27,21-12-6-7-13-23(21)28-24)20-11-5-4-10-19(20)17-8-2-1-3-9-17/h1-16,27H. The minimum absolute atomic E-state index is 0.553. The number of aliphatic hydroxyl groups is 1. The van der Waals surface area contributed by atoms with Gasteiger partial charge >= 0.3 is 0 Å². The first-order valence-corrected chi connectivity index (χ1v) is 9.50. The van der Waals surface area contributed by atoms with Crippen LogP contribution < -0.4 is 4.74 Å². The minimum Gasteiger partial charge on any atom is -0.457 e. The van der Waals surface area contributed by atoms with E-state index >= 15 is 0 Å². The summed E-state index contributed by atoms with van der Waals surface area (Å²) >= 11 is 6.31. The van der Waals surface area contributed by atoms with Crippen molar-refractivity contribution >= 4 is 11.6 Å². The number of halogens is 1. The van der Waals surface area contributed by atoms with Crippen LogP contribution in [0.5, 0.6) is 11.5 Å². The van der Waals surface area contributed by atoms with E-state index in [1.54, 1.807) is 12.1 Å². The Bertz CT molecular complexity index is 1170. The van der Waals surface area contributed by atoms with Gasteiger partial charge in [-0.25, -0.2) is 0 Å². The van der Waals surface area contributed by atoms with Crippen LogP contribution in [0.1, 0.15) is 16.7 Å². The summed E-state index contributed by atoms with van der Waals surface area (Å²) in [7, 11) is 0. The van der Waals surface area contributed by atoms with E-state index in [4.69, 9.17) is 16.3 Å². The van der Waals surface area contributed by atoms with E-state index in [1.807, 2.05) is 84.9 Å². The smallest absolute Gasteiger partial charge is 0.148 e. The normalized spacial score (nSPS) is 17.4. The summed E-state index contributed by atoms with van der Waals surface area (Å²) in [6, 6.07) is 31.0. The van der Waals surface area contributed by atoms with Gasteiger partial charge in [0, 0.05) is 21.7 Å². The Kier molecular flexibility index (Phi) is 3.97. The molecule has 1 aliphatic rings. The van der Waals surface area contributed by atoms with E-state index in [0.29, 0.717) is 27.6 Å². The van der Waals surface area contributed by atoms with Crippen molar-refractivity contribution in [2.24, 2.45) is 0 Å². The molecule has 1 heterocycles. The molecule has 0 amide bonds. The number of hydrogen-bond acceptors (Lipinski definition) is 2. The summed E-state index contributed by atoms with van der Waals surface area (Å²) < 4.78 is 6.08. The first kappa shape index (κ1) is 17.1. The lowest BCUT2D eigenvalue weighted by molar-refractivity contribution is 0.113. The van der Waals surface area contributed by atoms with Crippen LogP contribution in [0.4, 0.5) is 0 Å². The molecule has 0 spiro atoms. The van der Waals surface area contributed by atoms with E-state index in [-0.39, 0.29) is 0 Å². The monoisotopic (exact) mass is 384 g/mol. The Morgan fingerprint density at radius 1 is 0.643 bits per heavy atom. The molecule has 0 radical (unpaired) electrons. The maximum absolute atomic E-state index is 12.3. The lowest BCUT2D eigenvalue weighted by Crippen LogP contribution is -2.33. The van der Waals surface area contributed by atoms with Gasteiger partial charge in [-0.15, -0.1) is 0 Å². The summed E-state index contributed by atoms with van der Waals surface area (Å²) in [6.07, 6.45) is 0. The Balaban J connectivity index is 1.85. The van der Waals surface area contributed by atoms with Crippen molar-refractivity contribution in [2.45, 2.75) is 5.60 Å². The number of ether oxygens (including phenoxy) is 1. The van der Waals surface area contributed by atoms with Crippen LogP contribution in [-0.4, -0.2) is 5.11 Å². The molecule has 0 aliphatic carbocycles. The second-order valence-electron chi connectivity index (χ2n) is 6.86. The quantitative estimate of drug-likeness (QED) is 0.433. The Hall–Kier alpha value is -3.07. The summed E-state index contributed by atoms with van der Waals surface area (Å²) in [6.45, 7) is 0. The maximum Gasteiger partial charge on any atom is 0.148 e. The fourth-order valence-corrected chi connectivity index (χ4v) is 4.12. The number of rotatable bonds is 2. The first-order chi connectivity index (χ1) is 13.7. The molecule has 5 rings (SSSR count). The zero-order valence-corrected chi connectivity index (χ0v) is 15.7. The summed E-state index contributed by atoms with van der Waals surface area (Å²) in [5, 5.41) is 12.8. The molecule has 0 saturated carbocycles. The highest BCUT2D eigenvalue weighted by Crippen LogP contribution is 2.52. The summed E-state index contributed by atoms with van der Waals surface area (Å²) in [4.78, 5) is 0. The van der Waals surface area contributed by atoms with Gasteiger partial charge in [0.15, 0.2) is 0 Å². The maximum atomic E-state index is 12.3. The molecule has 1 N–H and O–H groups in total. The third-order valence-electron chi connectivity index (χ3n) is 5.23. The molecule has 2 nitrogen and oxygen atoms in total. The largest absolute Gasteiger partial charge is 0.457 e. The summed E-state index contributed by atoms with van der Waals surface area (Å²) in [5.74, 6) is 1.25. The zero-order chi connectivity index (χ0) is 19.1. The predicted octanol–water partition coefficient (Wildman–Crippen LogP) is 6.40. The van der Waals surface area contributed by atoms with Gasteiger partial charge in [0.25, 0.3) is 0 Å². The lowest BCUT2D eigenvalue weighted by atomic mass is 9.75. The van der Waals surface area contributed by atoms with Crippen molar-refractivity contribution in [1.82, 2.24) is 0 Å². The molecule has 1 unspecified atom stereocenters. The highest BCUT2D eigenvalue weighted by atomic mass is 35.5. The fourth-order valence-electron chi connectivity index (χ4n) is 3.95. The third-order valence-corrected chi connectivity index (χ3v) is 5.46. The molecule has 4 aromatic rings. The van der Waals surface area contributed by atoms with Gasteiger partial charge in [0.05, 0.1) is 0 Å². The Morgan fingerprint density at radius 3 is 2.11 bits per heavy atom. The van der Waals surface area contributed by atoms with Gasteiger partial charge in [0.1, 0.15) is 17.1 Å². The van der Waals surface area contributed by atoms with Crippen LogP contribution in [0.3, 0.4) is 0 Å². The molecule has 0 bridgehead atoms. The van der Waals surface area contributed by atoms with E-state index in [2.05, 4.69) is 0 Å². The lowest BCUT2D eigenvalue weighted by Gasteiger charge is -2.37. The molecule has 1 atom stereocenters. The van der Waals surface area contributed by atoms with Crippen LogP contribution in [0, 0.1) is 0 Å². The van der Waals surface area contributed by atoms with Crippen LogP contribution in [0.15, 0.2) is 97.1 Å². The van der Waals surface area contributed by atoms with Crippen LogP contribution in [0.2, 0.25) is 5.02 Å². The Labute approximate surface area is 168 Å². The molecule has 3 heteroatoms. The van der Waals surface area contributed by atoms with Crippen LogP contribution in [-0.2, 0) is 5.60 Å². The minimum atomic E-state index is -1.39. The van der Waals surface area contributed by atoms with Gasteiger partial charge in [-0.2, -0.15) is 0 Å². The number of hydrogen-bond donors (Lipinski definition) is 1. The third kappa shape index (κ3) is 2.54.